The zero-order valence-electron chi connectivity index (χ0n) is 16.2. The molecule has 0 atom stereocenters. The zero-order chi connectivity index (χ0) is 21.8. The zero-order valence-corrected chi connectivity index (χ0v) is 17.8. The van der Waals surface area contributed by atoms with Crippen molar-refractivity contribution in [2.24, 2.45) is 0 Å². The lowest BCUT2D eigenvalue weighted by molar-refractivity contribution is 0.0955. The van der Waals surface area contributed by atoms with E-state index in [0.717, 1.165) is 4.47 Å². The summed E-state index contributed by atoms with van der Waals surface area (Å²) in [6.07, 6.45) is 1.65. The van der Waals surface area contributed by atoms with Crippen molar-refractivity contribution in [1.82, 2.24) is 19.9 Å². The van der Waals surface area contributed by atoms with Gasteiger partial charge in [-0.1, -0.05) is 12.1 Å². The third-order valence-corrected chi connectivity index (χ3v) is 5.16. The van der Waals surface area contributed by atoms with Crippen molar-refractivity contribution in [3.05, 3.63) is 76.4 Å². The van der Waals surface area contributed by atoms with Crippen LogP contribution in [0.4, 0.5) is 5.82 Å². The average Bonchev–Trinajstić information content (AvgIpc) is 3.17. The molecule has 2 aromatic carbocycles. The van der Waals surface area contributed by atoms with Crippen LogP contribution in [0, 0.1) is 11.3 Å². The van der Waals surface area contributed by atoms with Crippen molar-refractivity contribution >= 4 is 33.3 Å². The minimum absolute atomic E-state index is 0.135. The number of halogens is 1. The van der Waals surface area contributed by atoms with Crippen LogP contribution in [-0.4, -0.2) is 38.7 Å². The van der Waals surface area contributed by atoms with Gasteiger partial charge in [0.15, 0.2) is 5.65 Å². The summed E-state index contributed by atoms with van der Waals surface area (Å²) in [6.45, 7) is 0.815. The molecule has 2 heterocycles. The SMILES string of the molecule is N#Cc1ccc(C(=O)NCCNc2cc(-c3ccccc3O)nc3c(Br)cnn23)cc1. The number of aromatic nitrogens is 3. The van der Waals surface area contributed by atoms with Gasteiger partial charge < -0.3 is 15.7 Å². The Morgan fingerprint density at radius 3 is 2.68 bits per heavy atom. The maximum atomic E-state index is 12.3. The molecule has 0 fully saturated rings. The highest BCUT2D eigenvalue weighted by Crippen LogP contribution is 2.30. The number of fused-ring (bicyclic) bond motifs is 1. The summed E-state index contributed by atoms with van der Waals surface area (Å²) in [5, 5.41) is 29.5. The highest BCUT2D eigenvalue weighted by Gasteiger charge is 2.13. The Bertz CT molecular complexity index is 1290. The van der Waals surface area contributed by atoms with Gasteiger partial charge in [-0.05, 0) is 52.3 Å². The molecule has 8 nitrogen and oxygen atoms in total. The summed E-state index contributed by atoms with van der Waals surface area (Å²) in [5.74, 6) is 0.583. The maximum Gasteiger partial charge on any atom is 0.251 e. The van der Waals surface area contributed by atoms with E-state index in [-0.39, 0.29) is 11.7 Å². The Hall–Kier alpha value is -3.90. The number of nitrogens with one attached hydrogen (secondary N) is 2. The molecule has 0 aliphatic carbocycles. The van der Waals surface area contributed by atoms with Crippen LogP contribution in [0.5, 0.6) is 5.75 Å². The van der Waals surface area contributed by atoms with Crippen molar-refractivity contribution in [3.8, 4) is 23.1 Å². The van der Waals surface area contributed by atoms with Crippen molar-refractivity contribution in [1.29, 1.82) is 5.26 Å². The van der Waals surface area contributed by atoms with Gasteiger partial charge >= 0.3 is 0 Å². The Morgan fingerprint density at radius 1 is 1.16 bits per heavy atom. The molecular weight excluding hydrogens is 460 g/mol. The van der Waals surface area contributed by atoms with Crippen LogP contribution in [0.15, 0.2) is 65.3 Å². The van der Waals surface area contributed by atoms with Gasteiger partial charge in [0.1, 0.15) is 11.6 Å². The lowest BCUT2D eigenvalue weighted by Crippen LogP contribution is -2.29. The number of para-hydroxylation sites is 1. The Balaban J connectivity index is 1.48. The van der Waals surface area contributed by atoms with Gasteiger partial charge in [-0.2, -0.15) is 14.9 Å². The largest absolute Gasteiger partial charge is 0.507 e. The standard InChI is InChI=1S/C22H17BrN6O2/c23-17-13-27-29-20(11-18(28-21(17)29)16-3-1-2-4-19(16)30)25-9-10-26-22(31)15-7-5-14(12-24)6-8-15/h1-8,11,13,25,30H,9-10H2,(H,26,31). The summed E-state index contributed by atoms with van der Waals surface area (Å²) >= 11 is 3.45. The van der Waals surface area contributed by atoms with Crippen LogP contribution in [0.2, 0.25) is 0 Å². The number of rotatable bonds is 6. The van der Waals surface area contributed by atoms with Crippen LogP contribution in [0.1, 0.15) is 15.9 Å². The number of carbonyl (C=O) groups excluding carboxylic acids is 1. The number of hydrogen-bond donors (Lipinski definition) is 3. The number of nitriles is 1. The molecule has 4 aromatic rings. The molecule has 1 amide bonds. The fourth-order valence-corrected chi connectivity index (χ4v) is 3.40. The minimum atomic E-state index is -0.220. The van der Waals surface area contributed by atoms with Crippen molar-refractivity contribution in [2.45, 2.75) is 0 Å². The van der Waals surface area contributed by atoms with Gasteiger partial charge in [0.25, 0.3) is 5.91 Å². The molecule has 0 aliphatic heterocycles. The molecular formula is C22H17BrN6O2. The first-order valence-corrected chi connectivity index (χ1v) is 10.2. The Morgan fingerprint density at radius 2 is 1.94 bits per heavy atom. The summed E-state index contributed by atoms with van der Waals surface area (Å²) in [5.41, 5.74) is 2.80. The van der Waals surface area contributed by atoms with Gasteiger partial charge in [-0.15, -0.1) is 0 Å². The molecule has 0 radical (unpaired) electrons. The van der Waals surface area contributed by atoms with E-state index in [0.29, 0.717) is 46.9 Å². The predicted molar refractivity (Wildman–Crippen MR) is 120 cm³/mol. The molecule has 0 saturated carbocycles. The van der Waals surface area contributed by atoms with Crippen LogP contribution in [-0.2, 0) is 0 Å². The summed E-state index contributed by atoms with van der Waals surface area (Å²) in [4.78, 5) is 16.9. The van der Waals surface area contributed by atoms with Gasteiger partial charge in [0.05, 0.1) is 28.0 Å². The van der Waals surface area contributed by atoms with Crippen LogP contribution in [0.25, 0.3) is 16.9 Å². The molecule has 2 aromatic heterocycles. The molecule has 31 heavy (non-hydrogen) atoms. The third kappa shape index (κ3) is 4.34. The van der Waals surface area contributed by atoms with Crippen molar-refractivity contribution in [3.63, 3.8) is 0 Å². The number of anilines is 1. The fourth-order valence-electron chi connectivity index (χ4n) is 3.06. The number of nitrogens with zero attached hydrogens (tertiary/aromatic N) is 4. The molecule has 0 unspecified atom stereocenters. The summed E-state index contributed by atoms with van der Waals surface area (Å²) in [6, 6.07) is 17.3. The highest BCUT2D eigenvalue weighted by atomic mass is 79.9. The van der Waals surface area contributed by atoms with E-state index in [2.05, 4.69) is 36.6 Å². The lowest BCUT2D eigenvalue weighted by Gasteiger charge is -2.12. The van der Waals surface area contributed by atoms with Gasteiger partial charge in [-0.3, -0.25) is 4.79 Å². The van der Waals surface area contributed by atoms with Crippen LogP contribution >= 0.6 is 15.9 Å². The first-order chi connectivity index (χ1) is 15.1. The number of amides is 1. The third-order valence-electron chi connectivity index (χ3n) is 4.60. The molecule has 0 aliphatic rings. The normalized spacial score (nSPS) is 10.6. The van der Waals surface area contributed by atoms with E-state index in [4.69, 9.17) is 5.26 Å². The van der Waals surface area contributed by atoms with E-state index in [1.165, 1.54) is 0 Å². The summed E-state index contributed by atoms with van der Waals surface area (Å²) < 4.78 is 2.37. The number of aromatic hydroxyl groups is 1. The fraction of sp³-hybridized carbons (Fsp3) is 0.0909. The molecule has 0 bridgehead atoms. The second kappa shape index (κ2) is 8.85. The molecule has 154 valence electrons. The van der Waals surface area contributed by atoms with E-state index >= 15 is 0 Å². The van der Waals surface area contributed by atoms with E-state index in [1.807, 2.05) is 12.1 Å². The number of phenolic OH excluding ortho intramolecular Hbond substituents is 1. The molecule has 9 heteroatoms. The first-order valence-electron chi connectivity index (χ1n) is 9.41. The number of carbonyl (C=O) groups is 1. The quantitative estimate of drug-likeness (QED) is 0.366. The van der Waals surface area contributed by atoms with Gasteiger partial charge in [0.2, 0.25) is 0 Å². The molecule has 4 rings (SSSR count). The lowest BCUT2D eigenvalue weighted by atomic mass is 10.1. The highest BCUT2D eigenvalue weighted by molar-refractivity contribution is 9.10. The van der Waals surface area contributed by atoms with Crippen LogP contribution < -0.4 is 10.6 Å². The molecule has 0 saturated heterocycles. The second-order valence-electron chi connectivity index (χ2n) is 6.64. The Labute approximate surface area is 186 Å². The molecule has 3 N–H and O–H groups in total. The maximum absolute atomic E-state index is 12.3. The van der Waals surface area contributed by atoms with Crippen molar-refractivity contribution in [2.75, 3.05) is 18.4 Å². The van der Waals surface area contributed by atoms with Crippen LogP contribution in [0.3, 0.4) is 0 Å². The first kappa shape index (κ1) is 20.4. The van der Waals surface area contributed by atoms with Gasteiger partial charge in [-0.25, -0.2) is 4.98 Å². The molecule has 0 spiro atoms. The van der Waals surface area contributed by atoms with Crippen molar-refractivity contribution < 1.29 is 9.90 Å². The monoisotopic (exact) mass is 476 g/mol. The average molecular weight is 477 g/mol. The second-order valence-corrected chi connectivity index (χ2v) is 7.50. The minimum Gasteiger partial charge on any atom is -0.507 e. The van der Waals surface area contributed by atoms with Gasteiger partial charge in [0, 0.05) is 30.3 Å². The van der Waals surface area contributed by atoms with E-state index in [9.17, 15) is 9.90 Å². The smallest absolute Gasteiger partial charge is 0.251 e. The summed E-state index contributed by atoms with van der Waals surface area (Å²) in [7, 11) is 0. The number of benzene rings is 2. The Kier molecular flexibility index (Phi) is 5.82. The number of phenols is 1. The van der Waals surface area contributed by atoms with E-state index in [1.54, 1.807) is 59.2 Å². The number of hydrogen-bond acceptors (Lipinski definition) is 6. The predicted octanol–water partition coefficient (Wildman–Crippen LogP) is 3.58. The topological polar surface area (TPSA) is 115 Å². The van der Waals surface area contributed by atoms with E-state index < -0.39 is 0 Å².